The third-order valence-electron chi connectivity index (χ3n) is 4.04. The van der Waals surface area contributed by atoms with Gasteiger partial charge in [0.15, 0.2) is 5.96 Å². The second-order valence-electron chi connectivity index (χ2n) is 5.72. The van der Waals surface area contributed by atoms with Crippen LogP contribution < -0.4 is 10.6 Å². The number of hydrogen-bond acceptors (Lipinski definition) is 4. The van der Waals surface area contributed by atoms with Crippen LogP contribution in [0.25, 0.3) is 0 Å². The molecule has 0 saturated heterocycles. The molecule has 5 nitrogen and oxygen atoms in total. The molecule has 0 fully saturated rings. The summed E-state index contributed by atoms with van der Waals surface area (Å²) in [5, 5.41) is 8.98. The fraction of sp³-hybridized carbons (Fsp3) is 0.706. The van der Waals surface area contributed by atoms with Crippen LogP contribution in [-0.2, 0) is 17.7 Å². The van der Waals surface area contributed by atoms with Gasteiger partial charge in [-0.2, -0.15) is 0 Å². The molecule has 0 amide bonds. The Kier molecular flexibility index (Phi) is 8.42. The van der Waals surface area contributed by atoms with Gasteiger partial charge in [0.05, 0.1) is 0 Å². The van der Waals surface area contributed by atoms with Crippen LogP contribution in [0.3, 0.4) is 0 Å². The Bertz CT molecular complexity index is 475. The van der Waals surface area contributed by atoms with Crippen molar-refractivity contribution in [3.63, 3.8) is 0 Å². The summed E-state index contributed by atoms with van der Waals surface area (Å²) >= 11 is 1.90. The first-order valence-electron chi connectivity index (χ1n) is 8.63. The number of fused-ring (bicyclic) bond motifs is 1. The highest BCUT2D eigenvalue weighted by molar-refractivity contribution is 7.10. The predicted molar refractivity (Wildman–Crippen MR) is 98.4 cm³/mol. The Balaban J connectivity index is 1.56. The van der Waals surface area contributed by atoms with E-state index >= 15 is 0 Å². The average molecular weight is 339 g/mol. The number of guanidine groups is 1. The molecule has 23 heavy (non-hydrogen) atoms. The molecule has 1 aromatic heterocycles. The van der Waals surface area contributed by atoms with Gasteiger partial charge in [0, 0.05) is 57.9 Å². The highest BCUT2D eigenvalue weighted by Crippen LogP contribution is 2.23. The van der Waals surface area contributed by atoms with Crippen LogP contribution in [0.4, 0.5) is 0 Å². The average Bonchev–Trinajstić information content (AvgIpc) is 3.04. The van der Waals surface area contributed by atoms with Gasteiger partial charge in [-0.15, -0.1) is 11.3 Å². The third-order valence-corrected chi connectivity index (χ3v) is 5.07. The van der Waals surface area contributed by atoms with E-state index in [4.69, 9.17) is 4.74 Å². The Morgan fingerprint density at radius 3 is 3.04 bits per heavy atom. The van der Waals surface area contributed by atoms with Crippen LogP contribution in [0.5, 0.6) is 0 Å². The van der Waals surface area contributed by atoms with Gasteiger partial charge in [-0.1, -0.05) is 0 Å². The topological polar surface area (TPSA) is 48.9 Å². The van der Waals surface area contributed by atoms with E-state index < -0.39 is 0 Å². The molecule has 6 heteroatoms. The van der Waals surface area contributed by atoms with Crippen LogP contribution in [0.15, 0.2) is 16.4 Å². The van der Waals surface area contributed by atoms with Crippen molar-refractivity contribution in [2.24, 2.45) is 4.99 Å². The van der Waals surface area contributed by atoms with Gasteiger partial charge in [-0.05, 0) is 43.2 Å². The third kappa shape index (κ3) is 6.49. The number of unbranched alkanes of at least 4 members (excludes halogenated alkanes) is 1. The van der Waals surface area contributed by atoms with Crippen molar-refractivity contribution in [2.45, 2.75) is 32.7 Å². The summed E-state index contributed by atoms with van der Waals surface area (Å²) in [5.74, 6) is 0.898. The Morgan fingerprint density at radius 2 is 2.22 bits per heavy atom. The maximum atomic E-state index is 5.34. The summed E-state index contributed by atoms with van der Waals surface area (Å²) in [7, 11) is 1.83. The number of rotatable bonds is 9. The fourth-order valence-electron chi connectivity index (χ4n) is 2.73. The van der Waals surface area contributed by atoms with E-state index in [9.17, 15) is 0 Å². The van der Waals surface area contributed by atoms with Crippen molar-refractivity contribution in [1.82, 2.24) is 15.5 Å². The molecule has 0 aromatic carbocycles. The number of nitrogens with zero attached hydrogens (tertiary/aromatic N) is 2. The maximum absolute atomic E-state index is 5.34. The summed E-state index contributed by atoms with van der Waals surface area (Å²) in [5.41, 5.74) is 1.51. The molecule has 1 aliphatic rings. The van der Waals surface area contributed by atoms with Gasteiger partial charge in [0.1, 0.15) is 0 Å². The highest BCUT2D eigenvalue weighted by Gasteiger charge is 2.16. The molecule has 1 aromatic rings. The van der Waals surface area contributed by atoms with E-state index in [1.807, 2.05) is 25.3 Å². The second kappa shape index (κ2) is 10.6. The van der Waals surface area contributed by atoms with Gasteiger partial charge in [0.25, 0.3) is 0 Å². The van der Waals surface area contributed by atoms with Crippen molar-refractivity contribution < 1.29 is 4.74 Å². The van der Waals surface area contributed by atoms with E-state index in [1.54, 1.807) is 4.88 Å². The van der Waals surface area contributed by atoms with Crippen molar-refractivity contribution in [3.8, 4) is 0 Å². The van der Waals surface area contributed by atoms with Crippen molar-refractivity contribution >= 4 is 17.3 Å². The zero-order valence-corrected chi connectivity index (χ0v) is 15.3. The lowest BCUT2D eigenvalue weighted by Crippen LogP contribution is -2.42. The first-order valence-corrected chi connectivity index (χ1v) is 9.51. The van der Waals surface area contributed by atoms with E-state index in [0.717, 1.165) is 58.2 Å². The minimum absolute atomic E-state index is 0.806. The number of aliphatic imine (C=N–C) groups is 1. The monoisotopic (exact) mass is 338 g/mol. The van der Waals surface area contributed by atoms with Crippen LogP contribution in [-0.4, -0.2) is 57.3 Å². The Hall–Kier alpha value is -1.11. The SMILES string of the molecule is CCOCCCCNC(=NC)NCCN1CCc2sccc2C1. The van der Waals surface area contributed by atoms with Crippen molar-refractivity contribution in [1.29, 1.82) is 0 Å². The van der Waals surface area contributed by atoms with Gasteiger partial charge < -0.3 is 15.4 Å². The number of thiophene rings is 1. The summed E-state index contributed by atoms with van der Waals surface area (Å²) in [6, 6.07) is 2.27. The Morgan fingerprint density at radius 1 is 1.35 bits per heavy atom. The summed E-state index contributed by atoms with van der Waals surface area (Å²) in [6.07, 6.45) is 3.39. The van der Waals surface area contributed by atoms with Crippen molar-refractivity contribution in [2.75, 3.05) is 46.4 Å². The second-order valence-corrected chi connectivity index (χ2v) is 6.73. The molecule has 2 N–H and O–H groups in total. The first kappa shape index (κ1) is 18.2. The molecule has 130 valence electrons. The number of nitrogens with one attached hydrogen (secondary N) is 2. The van der Waals surface area contributed by atoms with Crippen LogP contribution in [0, 0.1) is 0 Å². The fourth-order valence-corrected chi connectivity index (χ4v) is 3.62. The minimum atomic E-state index is 0.806. The molecule has 2 heterocycles. The lowest BCUT2D eigenvalue weighted by Gasteiger charge is -2.27. The summed E-state index contributed by atoms with van der Waals surface area (Å²) < 4.78 is 5.34. The normalized spacial score (nSPS) is 15.5. The zero-order chi connectivity index (χ0) is 16.3. The molecule has 2 rings (SSSR count). The molecule has 0 bridgehead atoms. The molecule has 0 saturated carbocycles. The van der Waals surface area contributed by atoms with Crippen LogP contribution in [0.2, 0.25) is 0 Å². The summed E-state index contributed by atoms with van der Waals surface area (Å²) in [6.45, 7) is 8.87. The standard InChI is InChI=1S/C17H30N4OS/c1-3-22-12-5-4-8-19-17(18-2)20-9-11-21-10-6-16-15(14-21)7-13-23-16/h7,13H,3-6,8-12,14H2,1-2H3,(H2,18,19,20). The first-order chi connectivity index (χ1) is 11.3. The van der Waals surface area contributed by atoms with E-state index in [1.165, 1.54) is 18.5 Å². The lowest BCUT2D eigenvalue weighted by molar-refractivity contribution is 0.143. The number of ether oxygens (including phenoxy) is 1. The minimum Gasteiger partial charge on any atom is -0.382 e. The quantitative estimate of drug-likeness (QED) is 0.411. The maximum Gasteiger partial charge on any atom is 0.191 e. The molecular weight excluding hydrogens is 308 g/mol. The summed E-state index contributed by atoms with van der Waals surface area (Å²) in [4.78, 5) is 8.36. The number of hydrogen-bond donors (Lipinski definition) is 2. The molecule has 0 unspecified atom stereocenters. The highest BCUT2D eigenvalue weighted by atomic mass is 32.1. The smallest absolute Gasteiger partial charge is 0.191 e. The lowest BCUT2D eigenvalue weighted by atomic mass is 10.1. The molecule has 0 aliphatic carbocycles. The molecule has 0 radical (unpaired) electrons. The zero-order valence-electron chi connectivity index (χ0n) is 14.4. The van der Waals surface area contributed by atoms with Crippen LogP contribution in [0.1, 0.15) is 30.2 Å². The Labute approximate surface area is 144 Å². The largest absolute Gasteiger partial charge is 0.382 e. The van der Waals surface area contributed by atoms with E-state index in [0.29, 0.717) is 0 Å². The van der Waals surface area contributed by atoms with Gasteiger partial charge in [-0.3, -0.25) is 9.89 Å². The van der Waals surface area contributed by atoms with Crippen molar-refractivity contribution in [3.05, 3.63) is 21.9 Å². The van der Waals surface area contributed by atoms with Gasteiger partial charge >= 0.3 is 0 Å². The van der Waals surface area contributed by atoms with Gasteiger partial charge in [-0.25, -0.2) is 0 Å². The van der Waals surface area contributed by atoms with E-state index in [2.05, 4.69) is 32.0 Å². The predicted octanol–water partition coefficient (Wildman–Crippen LogP) is 2.09. The molecule has 1 aliphatic heterocycles. The molecule has 0 atom stereocenters. The van der Waals surface area contributed by atoms with Gasteiger partial charge in [0.2, 0.25) is 0 Å². The van der Waals surface area contributed by atoms with Crippen LogP contribution >= 0.6 is 11.3 Å². The molecule has 0 spiro atoms. The van der Waals surface area contributed by atoms with E-state index in [-0.39, 0.29) is 0 Å². The molecular formula is C17H30N4OS.